The molecule has 1 saturated carbocycles. The summed E-state index contributed by atoms with van der Waals surface area (Å²) in [5.74, 6) is 0.808. The summed E-state index contributed by atoms with van der Waals surface area (Å²) in [5, 5.41) is 21.4. The minimum atomic E-state index is 0.0130. The van der Waals surface area contributed by atoms with E-state index in [0.717, 1.165) is 43.2 Å². The summed E-state index contributed by atoms with van der Waals surface area (Å²) in [5.41, 5.74) is 3.36. The van der Waals surface area contributed by atoms with E-state index in [1.54, 1.807) is 0 Å². The van der Waals surface area contributed by atoms with E-state index >= 15 is 0 Å². The van der Waals surface area contributed by atoms with Crippen LogP contribution in [0.4, 0.5) is 0 Å². The van der Waals surface area contributed by atoms with Crippen LogP contribution >= 0.6 is 22.6 Å². The van der Waals surface area contributed by atoms with Crippen LogP contribution in [-0.2, 0) is 11.8 Å². The van der Waals surface area contributed by atoms with Gasteiger partial charge in [-0.25, -0.2) is 0 Å². The van der Waals surface area contributed by atoms with E-state index in [0.29, 0.717) is 3.57 Å². The lowest BCUT2D eigenvalue weighted by Crippen LogP contribution is -2.33. The first-order valence-corrected chi connectivity index (χ1v) is 10.9. The molecule has 0 amide bonds. The number of phenolic OH excluding ortho intramolecular Hbond substituents is 2. The van der Waals surface area contributed by atoms with Gasteiger partial charge in [-0.3, -0.25) is 0 Å². The molecule has 1 aliphatic carbocycles. The van der Waals surface area contributed by atoms with E-state index in [1.165, 1.54) is 18.4 Å². The Bertz CT molecular complexity index is 757. The molecular weight excluding hydrogens is 435 g/mol. The summed E-state index contributed by atoms with van der Waals surface area (Å²) in [6.07, 6.45) is 7.62. The molecule has 3 heteroatoms. The molecule has 2 atom stereocenters. The average molecular weight is 464 g/mol. The van der Waals surface area contributed by atoms with Crippen molar-refractivity contribution in [3.8, 4) is 11.5 Å². The predicted octanol–water partition coefficient (Wildman–Crippen LogP) is 6.66. The van der Waals surface area contributed by atoms with Gasteiger partial charge >= 0.3 is 0 Å². The summed E-state index contributed by atoms with van der Waals surface area (Å²) in [6.45, 7) is 4.51. The molecule has 2 nitrogen and oxygen atoms in total. The molecule has 3 rings (SSSR count). The fraction of sp³-hybridized carbons (Fsp3) is 0.478. The summed E-state index contributed by atoms with van der Waals surface area (Å²) in [4.78, 5) is 0. The summed E-state index contributed by atoms with van der Waals surface area (Å²) in [7, 11) is 0. The lowest BCUT2D eigenvalue weighted by molar-refractivity contribution is 0.264. The van der Waals surface area contributed by atoms with Gasteiger partial charge in [-0.05, 0) is 82.4 Å². The van der Waals surface area contributed by atoms with Gasteiger partial charge < -0.3 is 10.2 Å². The molecule has 0 aliphatic heterocycles. The molecule has 0 bridgehead atoms. The Kier molecular flexibility index (Phi) is 6.16. The number of phenols is 2. The highest BCUT2D eigenvalue weighted by atomic mass is 127. The van der Waals surface area contributed by atoms with E-state index in [1.807, 2.05) is 0 Å². The molecule has 2 N–H and O–H groups in total. The van der Waals surface area contributed by atoms with Gasteiger partial charge in [0, 0.05) is 0 Å². The van der Waals surface area contributed by atoms with Crippen molar-refractivity contribution in [1.82, 2.24) is 0 Å². The SMILES string of the molecule is CCCCc1cc(C2CCCCC2(C)c2ccccc2)c(O)c(I)c1O. The second-order valence-corrected chi connectivity index (χ2v) is 8.90. The van der Waals surface area contributed by atoms with Gasteiger partial charge in [0.1, 0.15) is 11.5 Å². The predicted molar refractivity (Wildman–Crippen MR) is 116 cm³/mol. The number of halogens is 1. The first kappa shape index (κ1) is 19.5. The van der Waals surface area contributed by atoms with E-state index < -0.39 is 0 Å². The van der Waals surface area contributed by atoms with Crippen LogP contribution in [-0.4, -0.2) is 10.2 Å². The highest BCUT2D eigenvalue weighted by Gasteiger charge is 2.40. The van der Waals surface area contributed by atoms with Gasteiger partial charge in [0.2, 0.25) is 0 Å². The van der Waals surface area contributed by atoms with Gasteiger partial charge in [-0.2, -0.15) is 0 Å². The van der Waals surface area contributed by atoms with Gasteiger partial charge in [0.05, 0.1) is 3.57 Å². The molecule has 1 fully saturated rings. The van der Waals surface area contributed by atoms with Crippen LogP contribution in [0.3, 0.4) is 0 Å². The fourth-order valence-corrected chi connectivity index (χ4v) is 5.18. The molecule has 2 unspecified atom stereocenters. The maximum absolute atomic E-state index is 10.9. The van der Waals surface area contributed by atoms with E-state index in [2.05, 4.69) is 72.8 Å². The molecule has 0 heterocycles. The molecule has 0 saturated heterocycles. The van der Waals surface area contributed by atoms with Crippen molar-refractivity contribution >= 4 is 22.6 Å². The smallest absolute Gasteiger partial charge is 0.136 e. The first-order chi connectivity index (χ1) is 12.5. The van der Waals surface area contributed by atoms with Crippen LogP contribution in [0, 0.1) is 3.57 Å². The van der Waals surface area contributed by atoms with Gasteiger partial charge in [-0.15, -0.1) is 0 Å². The van der Waals surface area contributed by atoms with Crippen LogP contribution < -0.4 is 0 Å². The molecule has 26 heavy (non-hydrogen) atoms. The second kappa shape index (κ2) is 8.20. The monoisotopic (exact) mass is 464 g/mol. The summed E-state index contributed by atoms with van der Waals surface area (Å²) in [6, 6.07) is 12.8. The topological polar surface area (TPSA) is 40.5 Å². The van der Waals surface area contributed by atoms with Crippen molar-refractivity contribution < 1.29 is 10.2 Å². The number of aromatic hydroxyl groups is 2. The zero-order valence-corrected chi connectivity index (χ0v) is 17.9. The summed E-state index contributed by atoms with van der Waals surface area (Å²) >= 11 is 2.09. The van der Waals surface area contributed by atoms with Gasteiger partial charge in [-0.1, -0.05) is 63.4 Å². The molecular formula is C23H29IO2. The number of benzene rings is 2. The maximum atomic E-state index is 10.9. The zero-order chi connectivity index (χ0) is 18.7. The minimum Gasteiger partial charge on any atom is -0.506 e. The average Bonchev–Trinajstić information content (AvgIpc) is 2.67. The maximum Gasteiger partial charge on any atom is 0.136 e. The quantitative estimate of drug-likeness (QED) is 0.486. The van der Waals surface area contributed by atoms with Crippen molar-refractivity contribution in [3.63, 3.8) is 0 Å². The number of unbranched alkanes of at least 4 members (excludes halogenated alkanes) is 1. The van der Waals surface area contributed by atoms with Crippen LogP contribution in [0.1, 0.15) is 75.0 Å². The molecule has 0 spiro atoms. The van der Waals surface area contributed by atoms with Crippen molar-refractivity contribution in [1.29, 1.82) is 0 Å². The third kappa shape index (κ3) is 3.60. The Hall–Kier alpha value is -1.23. The number of hydrogen-bond donors (Lipinski definition) is 2. The Morgan fingerprint density at radius 2 is 1.85 bits per heavy atom. The van der Waals surface area contributed by atoms with E-state index in [-0.39, 0.29) is 22.8 Å². The Labute approximate surface area is 170 Å². The largest absolute Gasteiger partial charge is 0.506 e. The van der Waals surface area contributed by atoms with Crippen LogP contribution in [0.5, 0.6) is 11.5 Å². The number of hydrogen-bond acceptors (Lipinski definition) is 2. The third-order valence-corrected chi connectivity index (χ3v) is 7.16. The molecule has 0 aromatic heterocycles. The molecule has 140 valence electrons. The lowest BCUT2D eigenvalue weighted by Gasteiger charge is -2.43. The second-order valence-electron chi connectivity index (χ2n) is 7.82. The summed E-state index contributed by atoms with van der Waals surface area (Å²) < 4.78 is 0.604. The molecule has 2 aromatic rings. The van der Waals surface area contributed by atoms with Crippen LogP contribution in [0.2, 0.25) is 0 Å². The highest BCUT2D eigenvalue weighted by Crippen LogP contribution is 2.52. The van der Waals surface area contributed by atoms with Crippen molar-refractivity contribution in [2.45, 2.75) is 70.1 Å². The van der Waals surface area contributed by atoms with E-state index in [9.17, 15) is 10.2 Å². The first-order valence-electron chi connectivity index (χ1n) is 9.77. The standard InChI is InChI=1S/C23H29IO2/c1-3-4-10-16-15-18(22(26)20(24)21(16)25)19-13-8-9-14-23(19,2)17-11-6-5-7-12-17/h5-7,11-12,15,19,25-26H,3-4,8-10,13-14H2,1-2H3. The Morgan fingerprint density at radius 3 is 2.54 bits per heavy atom. The molecule has 0 radical (unpaired) electrons. The Morgan fingerprint density at radius 1 is 1.12 bits per heavy atom. The van der Waals surface area contributed by atoms with E-state index in [4.69, 9.17) is 0 Å². The number of aryl methyl sites for hydroxylation is 1. The van der Waals surface area contributed by atoms with Crippen molar-refractivity contribution in [2.75, 3.05) is 0 Å². The molecule has 2 aromatic carbocycles. The number of rotatable bonds is 5. The Balaban J connectivity index is 2.09. The fourth-order valence-electron chi connectivity index (χ4n) is 4.52. The van der Waals surface area contributed by atoms with Gasteiger partial charge in [0.15, 0.2) is 0 Å². The van der Waals surface area contributed by atoms with Crippen molar-refractivity contribution in [3.05, 3.63) is 56.7 Å². The van der Waals surface area contributed by atoms with Gasteiger partial charge in [0.25, 0.3) is 0 Å². The lowest BCUT2D eigenvalue weighted by atomic mass is 9.61. The highest BCUT2D eigenvalue weighted by molar-refractivity contribution is 14.1. The third-order valence-electron chi connectivity index (χ3n) is 6.14. The van der Waals surface area contributed by atoms with Crippen molar-refractivity contribution in [2.24, 2.45) is 0 Å². The zero-order valence-electron chi connectivity index (χ0n) is 15.8. The van der Waals surface area contributed by atoms with Crippen LogP contribution in [0.15, 0.2) is 36.4 Å². The van der Waals surface area contributed by atoms with Crippen LogP contribution in [0.25, 0.3) is 0 Å². The normalized spacial score (nSPS) is 23.1. The minimum absolute atomic E-state index is 0.0130. The molecule has 1 aliphatic rings.